The zero-order valence-corrected chi connectivity index (χ0v) is 9.01. The molecule has 0 radical (unpaired) electrons. The highest BCUT2D eigenvalue weighted by Crippen LogP contribution is 2.11. The number of nitrogens with zero attached hydrogens (tertiary/aromatic N) is 3. The zero-order valence-electron chi connectivity index (χ0n) is 8.26. The first-order valence-electron chi connectivity index (χ1n) is 4.87. The topological polar surface area (TPSA) is 30.7 Å². The lowest BCUT2D eigenvalue weighted by atomic mass is 10.3. The lowest BCUT2D eigenvalue weighted by molar-refractivity contribution is 0.598. The lowest BCUT2D eigenvalue weighted by Crippen LogP contribution is -2.03. The predicted molar refractivity (Wildman–Crippen MR) is 53.9 cm³/mol. The molecular formula is C9H16ClN3. The van der Waals surface area contributed by atoms with Gasteiger partial charge in [0.1, 0.15) is 5.82 Å². The van der Waals surface area contributed by atoms with E-state index in [1.807, 2.05) is 4.57 Å². The number of rotatable bonds is 5. The van der Waals surface area contributed by atoms with Crippen molar-refractivity contribution in [3.8, 4) is 0 Å². The molecule has 0 N–H and O–H groups in total. The van der Waals surface area contributed by atoms with Crippen LogP contribution in [0.15, 0.2) is 0 Å². The second-order valence-electron chi connectivity index (χ2n) is 3.14. The van der Waals surface area contributed by atoms with Crippen LogP contribution in [-0.4, -0.2) is 14.8 Å². The quantitative estimate of drug-likeness (QED) is 0.734. The molecule has 1 aromatic heterocycles. The smallest absolute Gasteiger partial charge is 0.225 e. The van der Waals surface area contributed by atoms with E-state index in [4.69, 9.17) is 11.6 Å². The normalized spacial score (nSPS) is 10.7. The Kier molecular flexibility index (Phi) is 4.22. The summed E-state index contributed by atoms with van der Waals surface area (Å²) in [4.78, 5) is 0. The third kappa shape index (κ3) is 2.69. The van der Waals surface area contributed by atoms with Gasteiger partial charge >= 0.3 is 0 Å². The van der Waals surface area contributed by atoms with Gasteiger partial charge in [-0.1, -0.05) is 20.3 Å². The van der Waals surface area contributed by atoms with Crippen LogP contribution in [0.4, 0.5) is 0 Å². The van der Waals surface area contributed by atoms with Gasteiger partial charge in [-0.15, -0.1) is 10.2 Å². The molecule has 74 valence electrons. The Morgan fingerprint density at radius 1 is 1.23 bits per heavy atom. The van der Waals surface area contributed by atoms with Crippen molar-refractivity contribution in [1.82, 2.24) is 14.8 Å². The van der Waals surface area contributed by atoms with Crippen molar-refractivity contribution in [3.05, 3.63) is 11.1 Å². The molecule has 0 saturated carbocycles. The highest BCUT2D eigenvalue weighted by Gasteiger charge is 2.07. The highest BCUT2D eigenvalue weighted by atomic mass is 35.5. The largest absolute Gasteiger partial charge is 0.302 e. The van der Waals surface area contributed by atoms with Crippen LogP contribution in [0.5, 0.6) is 0 Å². The average Bonchev–Trinajstić information content (AvgIpc) is 2.45. The maximum Gasteiger partial charge on any atom is 0.225 e. The summed E-state index contributed by atoms with van der Waals surface area (Å²) in [5, 5.41) is 8.43. The van der Waals surface area contributed by atoms with Gasteiger partial charge in [-0.3, -0.25) is 0 Å². The Morgan fingerprint density at radius 2 is 2.00 bits per heavy atom. The van der Waals surface area contributed by atoms with Gasteiger partial charge in [0.05, 0.1) is 0 Å². The Bertz CT molecular complexity index is 257. The van der Waals surface area contributed by atoms with Crippen LogP contribution >= 0.6 is 11.6 Å². The monoisotopic (exact) mass is 201 g/mol. The Morgan fingerprint density at radius 3 is 2.62 bits per heavy atom. The van der Waals surface area contributed by atoms with E-state index in [0.717, 1.165) is 31.6 Å². The molecule has 0 spiro atoms. The molecule has 0 aliphatic carbocycles. The fourth-order valence-corrected chi connectivity index (χ4v) is 1.48. The van der Waals surface area contributed by atoms with E-state index in [9.17, 15) is 0 Å². The van der Waals surface area contributed by atoms with E-state index in [1.165, 1.54) is 6.42 Å². The van der Waals surface area contributed by atoms with Crippen molar-refractivity contribution < 1.29 is 0 Å². The number of hydrogen-bond donors (Lipinski definition) is 0. The average molecular weight is 202 g/mol. The standard InChI is InChI=1S/C9H16ClN3/c1-3-5-7-13-8(6-4-2)11-12-9(13)10/h3-7H2,1-2H3. The number of halogens is 1. The second-order valence-corrected chi connectivity index (χ2v) is 3.48. The fraction of sp³-hybridized carbons (Fsp3) is 0.778. The molecule has 3 nitrogen and oxygen atoms in total. The van der Waals surface area contributed by atoms with Crippen LogP contribution in [0, 0.1) is 0 Å². The van der Waals surface area contributed by atoms with Gasteiger partial charge in [-0.05, 0) is 24.4 Å². The van der Waals surface area contributed by atoms with Gasteiger partial charge in [-0.2, -0.15) is 0 Å². The van der Waals surface area contributed by atoms with Gasteiger partial charge in [0.2, 0.25) is 5.28 Å². The molecule has 1 heterocycles. The summed E-state index contributed by atoms with van der Waals surface area (Å²) in [6.45, 7) is 5.24. The van der Waals surface area contributed by atoms with Crippen molar-refractivity contribution in [2.75, 3.05) is 0 Å². The molecule has 0 amide bonds. The molecule has 0 aliphatic rings. The van der Waals surface area contributed by atoms with Crippen LogP contribution < -0.4 is 0 Å². The summed E-state index contributed by atoms with van der Waals surface area (Å²) in [5.74, 6) is 1.01. The molecule has 0 bridgehead atoms. The van der Waals surface area contributed by atoms with Crippen LogP contribution in [0.3, 0.4) is 0 Å². The first-order chi connectivity index (χ1) is 6.29. The molecule has 0 atom stereocenters. The van der Waals surface area contributed by atoms with Crippen molar-refractivity contribution in [1.29, 1.82) is 0 Å². The Labute approximate surface area is 84.1 Å². The first-order valence-corrected chi connectivity index (χ1v) is 5.25. The SMILES string of the molecule is CCCCn1c(Cl)nnc1CCC. The van der Waals surface area contributed by atoms with Crippen LogP contribution in [0.25, 0.3) is 0 Å². The molecule has 0 fully saturated rings. The van der Waals surface area contributed by atoms with Crippen molar-refractivity contribution in [2.45, 2.75) is 46.1 Å². The van der Waals surface area contributed by atoms with Crippen LogP contribution in [0.1, 0.15) is 38.9 Å². The molecule has 0 saturated heterocycles. The van der Waals surface area contributed by atoms with E-state index < -0.39 is 0 Å². The molecular weight excluding hydrogens is 186 g/mol. The third-order valence-corrected chi connectivity index (χ3v) is 2.27. The van der Waals surface area contributed by atoms with Gasteiger partial charge in [0, 0.05) is 13.0 Å². The maximum absolute atomic E-state index is 5.91. The number of aryl methyl sites for hydroxylation is 1. The first kappa shape index (κ1) is 10.5. The predicted octanol–water partition coefficient (Wildman–Crippen LogP) is 2.68. The summed E-state index contributed by atoms with van der Waals surface area (Å²) in [5.41, 5.74) is 0. The molecule has 0 aliphatic heterocycles. The van der Waals surface area contributed by atoms with E-state index in [1.54, 1.807) is 0 Å². The number of unbranched alkanes of at least 4 members (excludes halogenated alkanes) is 1. The van der Waals surface area contributed by atoms with Gasteiger partial charge in [-0.25, -0.2) is 0 Å². The van der Waals surface area contributed by atoms with E-state index >= 15 is 0 Å². The van der Waals surface area contributed by atoms with Crippen LogP contribution in [0.2, 0.25) is 5.28 Å². The van der Waals surface area contributed by atoms with Gasteiger partial charge in [0.25, 0.3) is 0 Å². The maximum atomic E-state index is 5.91. The molecule has 1 aromatic rings. The van der Waals surface area contributed by atoms with E-state index in [0.29, 0.717) is 5.28 Å². The van der Waals surface area contributed by atoms with E-state index in [-0.39, 0.29) is 0 Å². The second kappa shape index (κ2) is 5.22. The molecule has 4 heteroatoms. The highest BCUT2D eigenvalue weighted by molar-refractivity contribution is 6.28. The Balaban J connectivity index is 2.69. The molecule has 0 unspecified atom stereocenters. The van der Waals surface area contributed by atoms with E-state index in [2.05, 4.69) is 24.0 Å². The number of hydrogen-bond acceptors (Lipinski definition) is 2. The summed E-state index contributed by atoms with van der Waals surface area (Å²) < 4.78 is 2.01. The van der Waals surface area contributed by atoms with Gasteiger partial charge < -0.3 is 4.57 Å². The van der Waals surface area contributed by atoms with Gasteiger partial charge in [0.15, 0.2) is 0 Å². The molecule has 0 aromatic carbocycles. The fourth-order valence-electron chi connectivity index (χ4n) is 1.26. The minimum Gasteiger partial charge on any atom is -0.302 e. The minimum atomic E-state index is 0.525. The zero-order chi connectivity index (χ0) is 9.68. The molecule has 1 rings (SSSR count). The number of aromatic nitrogens is 3. The van der Waals surface area contributed by atoms with Crippen molar-refractivity contribution >= 4 is 11.6 Å². The van der Waals surface area contributed by atoms with Crippen molar-refractivity contribution in [2.24, 2.45) is 0 Å². The third-order valence-electron chi connectivity index (χ3n) is 1.99. The molecule has 13 heavy (non-hydrogen) atoms. The van der Waals surface area contributed by atoms with Crippen molar-refractivity contribution in [3.63, 3.8) is 0 Å². The minimum absolute atomic E-state index is 0.525. The summed E-state index contributed by atoms with van der Waals surface area (Å²) >= 11 is 5.91. The lowest BCUT2D eigenvalue weighted by Gasteiger charge is -2.05. The van der Waals surface area contributed by atoms with Crippen LogP contribution in [-0.2, 0) is 13.0 Å². The Hall–Kier alpha value is -0.570. The summed E-state index contributed by atoms with van der Waals surface area (Å²) in [7, 11) is 0. The summed E-state index contributed by atoms with van der Waals surface area (Å²) in [6, 6.07) is 0. The summed E-state index contributed by atoms with van der Waals surface area (Å²) in [6.07, 6.45) is 4.35.